The van der Waals surface area contributed by atoms with Crippen molar-refractivity contribution in [3.8, 4) is 0 Å². The van der Waals surface area contributed by atoms with E-state index in [9.17, 15) is 13.2 Å². The van der Waals surface area contributed by atoms with Crippen LogP contribution in [-0.2, 0) is 14.8 Å². The van der Waals surface area contributed by atoms with Crippen LogP contribution in [0, 0.1) is 12.8 Å². The zero-order valence-corrected chi connectivity index (χ0v) is 18.0. The SMILES string of the molecule is CCN(CC)S(=O)(=O)c1cc(NC(=O)[C@H](C)[NH+]2CCC[C@H](C)C2)ccc1C. The summed E-state index contributed by atoms with van der Waals surface area (Å²) >= 11 is 0. The van der Waals surface area contributed by atoms with E-state index in [0.717, 1.165) is 19.5 Å². The van der Waals surface area contributed by atoms with Gasteiger partial charge in [-0.15, -0.1) is 0 Å². The Morgan fingerprint density at radius 1 is 1.33 bits per heavy atom. The summed E-state index contributed by atoms with van der Waals surface area (Å²) in [5, 5.41) is 2.93. The topological polar surface area (TPSA) is 70.9 Å². The van der Waals surface area contributed by atoms with E-state index < -0.39 is 10.0 Å². The average Bonchev–Trinajstić information content (AvgIpc) is 2.63. The van der Waals surface area contributed by atoms with Gasteiger partial charge in [-0.05, 0) is 44.4 Å². The van der Waals surface area contributed by atoms with Gasteiger partial charge in [0.25, 0.3) is 5.91 Å². The predicted molar refractivity (Wildman–Crippen MR) is 108 cm³/mol. The van der Waals surface area contributed by atoms with Crippen LogP contribution in [0.4, 0.5) is 5.69 Å². The second-order valence-electron chi connectivity index (χ2n) is 7.64. The van der Waals surface area contributed by atoms with Crippen LogP contribution in [0.25, 0.3) is 0 Å². The van der Waals surface area contributed by atoms with Crippen molar-refractivity contribution in [2.75, 3.05) is 31.5 Å². The number of sulfonamides is 1. The zero-order valence-electron chi connectivity index (χ0n) is 17.2. The summed E-state index contributed by atoms with van der Waals surface area (Å²) in [6, 6.07) is 4.96. The lowest BCUT2D eigenvalue weighted by atomic mass is 9.99. The Balaban J connectivity index is 2.19. The number of anilines is 1. The van der Waals surface area contributed by atoms with Crippen molar-refractivity contribution in [3.63, 3.8) is 0 Å². The van der Waals surface area contributed by atoms with Crippen LogP contribution in [0.3, 0.4) is 0 Å². The fourth-order valence-corrected chi connectivity index (χ4v) is 5.53. The number of benzene rings is 1. The minimum atomic E-state index is -3.56. The monoisotopic (exact) mass is 396 g/mol. The van der Waals surface area contributed by atoms with Crippen LogP contribution in [0.1, 0.15) is 46.1 Å². The van der Waals surface area contributed by atoms with Gasteiger partial charge in [0.2, 0.25) is 10.0 Å². The summed E-state index contributed by atoms with van der Waals surface area (Å²) in [5.41, 5.74) is 1.22. The second-order valence-corrected chi connectivity index (χ2v) is 9.55. The van der Waals surface area contributed by atoms with E-state index in [1.807, 2.05) is 20.8 Å². The number of carbonyl (C=O) groups excluding carboxylic acids is 1. The molecule has 7 heteroatoms. The third-order valence-corrected chi connectivity index (χ3v) is 7.78. The smallest absolute Gasteiger partial charge is 0.282 e. The van der Waals surface area contributed by atoms with E-state index in [-0.39, 0.29) is 16.8 Å². The Morgan fingerprint density at radius 3 is 2.59 bits per heavy atom. The van der Waals surface area contributed by atoms with Crippen LogP contribution < -0.4 is 10.2 Å². The van der Waals surface area contributed by atoms with Crippen molar-refractivity contribution in [2.24, 2.45) is 5.92 Å². The first kappa shape index (κ1) is 21.9. The molecule has 1 amide bonds. The fourth-order valence-electron chi connectivity index (χ4n) is 3.82. The number of nitrogens with zero attached hydrogens (tertiary/aromatic N) is 1. The van der Waals surface area contributed by atoms with Crippen LogP contribution in [0.2, 0.25) is 0 Å². The van der Waals surface area contributed by atoms with Crippen LogP contribution in [0.15, 0.2) is 23.1 Å². The highest BCUT2D eigenvalue weighted by atomic mass is 32.2. The lowest BCUT2D eigenvalue weighted by Crippen LogP contribution is -3.17. The molecule has 0 spiro atoms. The van der Waals surface area contributed by atoms with E-state index in [0.29, 0.717) is 30.3 Å². The maximum atomic E-state index is 12.9. The first-order valence-corrected chi connectivity index (χ1v) is 11.4. The third-order valence-electron chi connectivity index (χ3n) is 5.59. The van der Waals surface area contributed by atoms with Gasteiger partial charge in [0.15, 0.2) is 6.04 Å². The number of likely N-dealkylation sites (tertiary alicyclic amines) is 1. The zero-order chi connectivity index (χ0) is 20.2. The molecular weight excluding hydrogens is 362 g/mol. The molecule has 0 saturated carbocycles. The predicted octanol–water partition coefficient (Wildman–Crippen LogP) is 1.67. The quantitative estimate of drug-likeness (QED) is 0.736. The van der Waals surface area contributed by atoms with Gasteiger partial charge in [0, 0.05) is 24.7 Å². The van der Waals surface area contributed by atoms with Gasteiger partial charge in [0.1, 0.15) is 0 Å². The molecule has 152 valence electrons. The normalized spacial score (nSPS) is 21.9. The molecular formula is C20H34N3O3S+. The lowest BCUT2D eigenvalue weighted by molar-refractivity contribution is -0.922. The van der Waals surface area contributed by atoms with Crippen LogP contribution >= 0.6 is 0 Å². The number of piperidine rings is 1. The molecule has 0 aromatic heterocycles. The van der Waals surface area contributed by atoms with Gasteiger partial charge in [-0.3, -0.25) is 4.79 Å². The van der Waals surface area contributed by atoms with Gasteiger partial charge < -0.3 is 10.2 Å². The van der Waals surface area contributed by atoms with Crippen molar-refractivity contribution in [3.05, 3.63) is 23.8 Å². The van der Waals surface area contributed by atoms with Crippen molar-refractivity contribution < 1.29 is 18.1 Å². The van der Waals surface area contributed by atoms with Crippen molar-refractivity contribution >= 4 is 21.6 Å². The molecule has 2 rings (SSSR count). The molecule has 0 bridgehead atoms. The van der Waals surface area contributed by atoms with E-state index in [1.54, 1.807) is 25.1 Å². The van der Waals surface area contributed by atoms with Crippen LogP contribution in [-0.4, -0.2) is 50.9 Å². The maximum absolute atomic E-state index is 12.9. The van der Waals surface area contributed by atoms with E-state index in [1.165, 1.54) is 15.6 Å². The molecule has 3 atom stereocenters. The molecule has 1 heterocycles. The Morgan fingerprint density at radius 2 is 2.00 bits per heavy atom. The number of carbonyl (C=O) groups is 1. The van der Waals surface area contributed by atoms with E-state index in [2.05, 4.69) is 12.2 Å². The van der Waals surface area contributed by atoms with Gasteiger partial charge in [-0.25, -0.2) is 8.42 Å². The van der Waals surface area contributed by atoms with Crippen molar-refractivity contribution in [1.82, 2.24) is 4.31 Å². The average molecular weight is 397 g/mol. The molecule has 1 fully saturated rings. The number of aryl methyl sites for hydroxylation is 1. The Bertz CT molecular complexity index is 760. The molecule has 1 aliphatic rings. The third kappa shape index (κ3) is 5.09. The van der Waals surface area contributed by atoms with Crippen LogP contribution in [0.5, 0.6) is 0 Å². The summed E-state index contributed by atoms with van der Waals surface area (Å²) in [6.07, 6.45) is 2.37. The second kappa shape index (κ2) is 9.17. The minimum Gasteiger partial charge on any atom is -0.325 e. The Kier molecular flexibility index (Phi) is 7.42. The minimum absolute atomic E-state index is 0.0610. The van der Waals surface area contributed by atoms with Gasteiger partial charge in [-0.2, -0.15) is 4.31 Å². The van der Waals surface area contributed by atoms with E-state index in [4.69, 9.17) is 0 Å². The summed E-state index contributed by atoms with van der Waals surface area (Å²) < 4.78 is 27.2. The molecule has 0 radical (unpaired) electrons. The molecule has 1 aliphatic heterocycles. The Labute approximate surface area is 164 Å². The molecule has 1 aromatic rings. The highest BCUT2D eigenvalue weighted by molar-refractivity contribution is 7.89. The van der Waals surface area contributed by atoms with Gasteiger partial charge in [0.05, 0.1) is 18.0 Å². The van der Waals surface area contributed by atoms with Crippen molar-refractivity contribution in [1.29, 1.82) is 0 Å². The maximum Gasteiger partial charge on any atom is 0.282 e. The molecule has 0 aliphatic carbocycles. The number of rotatable bonds is 7. The number of hydrogen-bond acceptors (Lipinski definition) is 3. The van der Waals surface area contributed by atoms with Gasteiger partial charge in [-0.1, -0.05) is 26.8 Å². The number of nitrogens with one attached hydrogen (secondary N) is 2. The lowest BCUT2D eigenvalue weighted by Gasteiger charge is -2.31. The van der Waals surface area contributed by atoms with Crippen molar-refractivity contribution in [2.45, 2.75) is 58.4 Å². The van der Waals surface area contributed by atoms with E-state index >= 15 is 0 Å². The summed E-state index contributed by atoms with van der Waals surface area (Å²) in [5.74, 6) is 0.573. The summed E-state index contributed by atoms with van der Waals surface area (Å²) in [6.45, 7) is 12.5. The fraction of sp³-hybridized carbons (Fsp3) is 0.650. The standard InChI is InChI=1S/C20H33N3O3S/c1-6-23(7-2)27(25,26)19-13-18(11-10-16(19)4)21-20(24)17(5)22-12-8-9-15(3)14-22/h10-11,13,15,17H,6-9,12,14H2,1-5H3,(H,21,24)/p+1/t15-,17-/m0/s1. The molecule has 1 unspecified atom stereocenters. The highest BCUT2D eigenvalue weighted by Gasteiger charge is 2.30. The number of amides is 1. The molecule has 6 nitrogen and oxygen atoms in total. The number of quaternary nitrogens is 1. The number of hydrogen-bond donors (Lipinski definition) is 2. The highest BCUT2D eigenvalue weighted by Crippen LogP contribution is 2.23. The molecule has 1 aromatic carbocycles. The largest absolute Gasteiger partial charge is 0.325 e. The summed E-state index contributed by atoms with van der Waals surface area (Å²) in [4.78, 5) is 14.3. The molecule has 27 heavy (non-hydrogen) atoms. The molecule has 2 N–H and O–H groups in total. The first-order chi connectivity index (χ1) is 12.7. The molecule has 1 saturated heterocycles. The Hall–Kier alpha value is -1.44. The first-order valence-electron chi connectivity index (χ1n) is 9.96. The summed E-state index contributed by atoms with van der Waals surface area (Å²) in [7, 11) is -3.56. The van der Waals surface area contributed by atoms with Gasteiger partial charge >= 0.3 is 0 Å².